The van der Waals surface area contributed by atoms with Gasteiger partial charge in [-0.05, 0) is 6.07 Å². The van der Waals surface area contributed by atoms with E-state index in [0.717, 1.165) is 6.07 Å². The summed E-state index contributed by atoms with van der Waals surface area (Å²) in [5.41, 5.74) is 0.340. The molecule has 0 aliphatic carbocycles. The first kappa shape index (κ1) is 9.07. The lowest BCUT2D eigenvalue weighted by Gasteiger charge is -1.99. The van der Waals surface area contributed by atoms with E-state index in [1.54, 1.807) is 0 Å². The molecule has 0 unspecified atom stereocenters. The molecule has 0 bridgehead atoms. The molecule has 0 spiro atoms. The molecular weight excluding hydrogens is 179 g/mol. The number of nitrogens with zero attached hydrogens (tertiary/aromatic N) is 1. The van der Waals surface area contributed by atoms with Crippen molar-refractivity contribution in [3.8, 4) is 0 Å². The third-order valence-corrected chi connectivity index (χ3v) is 1.58. The first-order chi connectivity index (χ1) is 5.65. The maximum Gasteiger partial charge on any atom is 0.178 e. The molecule has 2 radical (unpaired) electrons. The van der Waals surface area contributed by atoms with Gasteiger partial charge in [-0.1, -0.05) is 34.4 Å². The lowest BCUT2D eigenvalue weighted by molar-refractivity contribution is 0.320. The van der Waals surface area contributed by atoms with Crippen molar-refractivity contribution in [3.05, 3.63) is 29.6 Å². The second-order valence-corrected chi connectivity index (χ2v) is 2.49. The van der Waals surface area contributed by atoms with E-state index in [1.807, 2.05) is 0 Å². The van der Waals surface area contributed by atoms with Gasteiger partial charge in [-0.3, -0.25) is 0 Å². The van der Waals surface area contributed by atoms with Crippen molar-refractivity contribution >= 4 is 30.1 Å². The van der Waals surface area contributed by atoms with Gasteiger partial charge in [0, 0.05) is 0 Å². The normalized spacial score (nSPS) is 11.7. The largest absolute Gasteiger partial charge is 0.410 e. The van der Waals surface area contributed by atoms with Crippen molar-refractivity contribution < 1.29 is 9.60 Å². The summed E-state index contributed by atoms with van der Waals surface area (Å²) in [7, 11) is 5.36. The van der Waals surface area contributed by atoms with Crippen molar-refractivity contribution in [1.82, 2.24) is 0 Å². The standard InChI is InChI=1S/C7H4BClFNO/c8-4-1-2-6(10)5(3-4)7(9)11-12/h1-3,12H/b11-7+. The molecule has 2 nitrogen and oxygen atoms in total. The van der Waals surface area contributed by atoms with Crippen molar-refractivity contribution in [2.24, 2.45) is 5.16 Å². The van der Waals surface area contributed by atoms with E-state index in [1.165, 1.54) is 12.1 Å². The molecule has 12 heavy (non-hydrogen) atoms. The van der Waals surface area contributed by atoms with Crippen molar-refractivity contribution in [3.63, 3.8) is 0 Å². The Labute approximate surface area is 75.1 Å². The third-order valence-electron chi connectivity index (χ3n) is 1.30. The van der Waals surface area contributed by atoms with Gasteiger partial charge >= 0.3 is 0 Å². The molecule has 0 saturated heterocycles. The highest BCUT2D eigenvalue weighted by atomic mass is 35.5. The molecule has 0 aromatic heterocycles. The van der Waals surface area contributed by atoms with Gasteiger partial charge in [0.15, 0.2) is 5.17 Å². The first-order valence-electron chi connectivity index (χ1n) is 3.08. The zero-order chi connectivity index (χ0) is 9.14. The highest BCUT2D eigenvalue weighted by molar-refractivity contribution is 6.69. The molecule has 0 fully saturated rings. The van der Waals surface area contributed by atoms with Gasteiger partial charge in [0.2, 0.25) is 0 Å². The minimum Gasteiger partial charge on any atom is -0.410 e. The summed E-state index contributed by atoms with van der Waals surface area (Å²) < 4.78 is 12.9. The molecule has 0 atom stereocenters. The van der Waals surface area contributed by atoms with E-state index in [9.17, 15) is 4.39 Å². The highest BCUT2D eigenvalue weighted by Gasteiger charge is 2.06. The average Bonchev–Trinajstić information content (AvgIpc) is 2.08. The Morgan fingerprint density at radius 3 is 2.83 bits per heavy atom. The van der Waals surface area contributed by atoms with E-state index in [0.29, 0.717) is 5.46 Å². The fourth-order valence-electron chi connectivity index (χ4n) is 0.755. The monoisotopic (exact) mass is 183 g/mol. The van der Waals surface area contributed by atoms with Crippen LogP contribution >= 0.6 is 11.6 Å². The molecule has 0 aliphatic heterocycles. The van der Waals surface area contributed by atoms with Gasteiger partial charge in [0.1, 0.15) is 13.7 Å². The van der Waals surface area contributed by atoms with Gasteiger partial charge in [-0.15, -0.1) is 0 Å². The molecule has 1 rings (SSSR count). The van der Waals surface area contributed by atoms with Crippen LogP contribution in [0.3, 0.4) is 0 Å². The second kappa shape index (κ2) is 3.58. The number of rotatable bonds is 1. The summed E-state index contributed by atoms with van der Waals surface area (Å²) in [6.45, 7) is 0. The van der Waals surface area contributed by atoms with Crippen LogP contribution in [0, 0.1) is 5.82 Å². The van der Waals surface area contributed by atoms with Gasteiger partial charge in [0.05, 0.1) is 5.56 Å². The molecule has 0 aliphatic rings. The minimum absolute atomic E-state index is 0.0147. The summed E-state index contributed by atoms with van der Waals surface area (Å²) >= 11 is 5.37. The van der Waals surface area contributed by atoms with E-state index >= 15 is 0 Å². The number of hydrogen-bond acceptors (Lipinski definition) is 2. The second-order valence-electron chi connectivity index (χ2n) is 2.13. The van der Waals surface area contributed by atoms with Gasteiger partial charge in [-0.2, -0.15) is 0 Å². The summed E-state index contributed by atoms with van der Waals surface area (Å²) in [6.07, 6.45) is 0. The lowest BCUT2D eigenvalue weighted by atomic mass is 9.94. The van der Waals surface area contributed by atoms with Gasteiger partial charge in [-0.25, -0.2) is 4.39 Å². The average molecular weight is 183 g/mol. The zero-order valence-corrected chi connectivity index (χ0v) is 6.72. The Kier molecular flexibility index (Phi) is 2.71. The number of hydrogen-bond donors (Lipinski definition) is 1. The van der Waals surface area contributed by atoms with Gasteiger partial charge in [0.25, 0.3) is 0 Å². The molecule has 1 aromatic carbocycles. The quantitative estimate of drug-likeness (QED) is 0.299. The summed E-state index contributed by atoms with van der Waals surface area (Å²) in [5, 5.41) is 10.6. The van der Waals surface area contributed by atoms with Crippen LogP contribution in [-0.4, -0.2) is 18.2 Å². The third kappa shape index (κ3) is 1.77. The predicted molar refractivity (Wildman–Crippen MR) is 46.0 cm³/mol. The van der Waals surface area contributed by atoms with Crippen LogP contribution in [0.1, 0.15) is 5.56 Å². The highest BCUT2D eigenvalue weighted by Crippen LogP contribution is 2.08. The Morgan fingerprint density at radius 2 is 2.25 bits per heavy atom. The Hall–Kier alpha value is -1.03. The summed E-state index contributed by atoms with van der Waals surface area (Å²) in [5.74, 6) is -0.577. The molecule has 0 heterocycles. The Morgan fingerprint density at radius 1 is 1.58 bits per heavy atom. The summed E-state index contributed by atoms with van der Waals surface area (Å²) in [4.78, 5) is 0. The zero-order valence-electron chi connectivity index (χ0n) is 5.96. The van der Waals surface area contributed by atoms with E-state index < -0.39 is 5.82 Å². The minimum atomic E-state index is -0.577. The van der Waals surface area contributed by atoms with Crippen LogP contribution in [0.25, 0.3) is 0 Å². The predicted octanol–water partition coefficient (Wildman–Crippen LogP) is 0.994. The lowest BCUT2D eigenvalue weighted by Crippen LogP contribution is -2.07. The topological polar surface area (TPSA) is 32.6 Å². The van der Waals surface area contributed by atoms with Crippen molar-refractivity contribution in [2.45, 2.75) is 0 Å². The van der Waals surface area contributed by atoms with Crippen molar-refractivity contribution in [2.75, 3.05) is 0 Å². The fourth-order valence-corrected chi connectivity index (χ4v) is 0.900. The van der Waals surface area contributed by atoms with E-state index in [4.69, 9.17) is 24.7 Å². The van der Waals surface area contributed by atoms with Crippen LogP contribution in [-0.2, 0) is 0 Å². The molecule has 0 amide bonds. The van der Waals surface area contributed by atoms with Gasteiger partial charge < -0.3 is 5.21 Å². The number of halogens is 2. The maximum absolute atomic E-state index is 12.9. The number of benzene rings is 1. The Balaban J connectivity index is 3.23. The van der Waals surface area contributed by atoms with Crippen LogP contribution in [0.2, 0.25) is 0 Å². The number of oxime groups is 1. The van der Waals surface area contributed by atoms with Crippen LogP contribution in [0.15, 0.2) is 23.4 Å². The molecule has 5 heteroatoms. The van der Waals surface area contributed by atoms with Crippen molar-refractivity contribution in [1.29, 1.82) is 0 Å². The molecule has 60 valence electrons. The van der Waals surface area contributed by atoms with Crippen LogP contribution in [0.4, 0.5) is 4.39 Å². The molecule has 0 saturated carbocycles. The first-order valence-corrected chi connectivity index (χ1v) is 3.46. The van der Waals surface area contributed by atoms with Crippen LogP contribution in [0.5, 0.6) is 0 Å². The van der Waals surface area contributed by atoms with Crippen LogP contribution < -0.4 is 5.46 Å². The molecule has 1 N–H and O–H groups in total. The SMILES string of the molecule is [B]c1ccc(F)c(/C(Cl)=N\O)c1. The maximum atomic E-state index is 12.9. The smallest absolute Gasteiger partial charge is 0.178 e. The fraction of sp³-hybridized carbons (Fsp3) is 0. The molecular formula is C7H4BClFNO. The molecule has 1 aromatic rings. The van der Waals surface area contributed by atoms with E-state index in [2.05, 4.69) is 5.16 Å². The van der Waals surface area contributed by atoms with E-state index in [-0.39, 0.29) is 10.7 Å². The Bertz CT molecular complexity index is 329. The summed E-state index contributed by atoms with van der Waals surface area (Å²) in [6, 6.07) is 3.83.